The molecule has 0 radical (unpaired) electrons. The smallest absolute Gasteiger partial charge is 0.287 e. The van der Waals surface area contributed by atoms with Crippen LogP contribution in [-0.4, -0.2) is 36.0 Å². The van der Waals surface area contributed by atoms with E-state index in [1.807, 2.05) is 0 Å². The number of imide groups is 1. The molecule has 3 aliphatic heterocycles. The summed E-state index contributed by atoms with van der Waals surface area (Å²) in [6.45, 7) is 0.0637. The fourth-order valence-corrected chi connectivity index (χ4v) is 4.39. The van der Waals surface area contributed by atoms with Gasteiger partial charge in [-0.25, -0.2) is 4.90 Å². The summed E-state index contributed by atoms with van der Waals surface area (Å²) in [5, 5.41) is 3.27. The van der Waals surface area contributed by atoms with Crippen LogP contribution in [0, 0.1) is 11.8 Å². The van der Waals surface area contributed by atoms with Gasteiger partial charge < -0.3 is 14.5 Å². The number of hydrogen-bond acceptors (Lipinski definition) is 5. The summed E-state index contributed by atoms with van der Waals surface area (Å²) >= 11 is 5.91. The fraction of sp³-hybridized carbons (Fsp3) is 0.250. The molecule has 8 heteroatoms. The van der Waals surface area contributed by atoms with E-state index in [9.17, 15) is 14.4 Å². The van der Waals surface area contributed by atoms with Gasteiger partial charge in [-0.3, -0.25) is 14.4 Å². The Hall–Kier alpha value is -2.90. The molecule has 2 bridgehead atoms. The third-order valence-electron chi connectivity index (χ3n) is 5.51. The van der Waals surface area contributed by atoms with Gasteiger partial charge in [0.25, 0.3) is 5.91 Å². The molecule has 28 heavy (non-hydrogen) atoms. The first-order valence-corrected chi connectivity index (χ1v) is 9.20. The predicted octanol–water partition coefficient (Wildman–Crippen LogP) is 2.18. The van der Waals surface area contributed by atoms with Gasteiger partial charge in [0, 0.05) is 5.02 Å². The Kier molecular flexibility index (Phi) is 3.72. The molecular formula is C20H15ClN2O5. The lowest BCUT2D eigenvalue weighted by Crippen LogP contribution is -2.48. The van der Waals surface area contributed by atoms with E-state index in [4.69, 9.17) is 20.8 Å². The van der Waals surface area contributed by atoms with E-state index in [2.05, 4.69) is 5.32 Å². The minimum absolute atomic E-state index is 0.0637. The average molecular weight is 399 g/mol. The number of nitrogens with one attached hydrogen (secondary N) is 1. The van der Waals surface area contributed by atoms with E-state index in [0.717, 1.165) is 0 Å². The number of halogens is 1. The molecule has 1 N–H and O–H groups in total. The molecule has 0 aliphatic carbocycles. The first-order valence-electron chi connectivity index (χ1n) is 8.82. The van der Waals surface area contributed by atoms with Crippen LogP contribution in [0.4, 0.5) is 5.69 Å². The Balaban J connectivity index is 1.42. The lowest BCUT2D eigenvalue weighted by molar-refractivity contribution is -0.126. The zero-order chi connectivity index (χ0) is 19.5. The summed E-state index contributed by atoms with van der Waals surface area (Å²) in [6, 6.07) is 9.71. The monoisotopic (exact) mass is 398 g/mol. The number of anilines is 1. The number of nitrogens with zero attached hydrogens (tertiary/aromatic N) is 1. The van der Waals surface area contributed by atoms with E-state index in [1.54, 1.807) is 48.6 Å². The second-order valence-electron chi connectivity index (χ2n) is 7.05. The van der Waals surface area contributed by atoms with Crippen LogP contribution in [0.15, 0.2) is 59.2 Å². The Labute approximate surface area is 164 Å². The molecule has 142 valence electrons. The van der Waals surface area contributed by atoms with E-state index in [-0.39, 0.29) is 24.1 Å². The van der Waals surface area contributed by atoms with E-state index in [1.165, 1.54) is 11.2 Å². The van der Waals surface area contributed by atoms with Crippen LogP contribution in [0.25, 0.3) is 0 Å². The summed E-state index contributed by atoms with van der Waals surface area (Å²) in [6.07, 6.45) is 4.48. The second kappa shape index (κ2) is 6.05. The first-order chi connectivity index (χ1) is 13.5. The third-order valence-corrected chi connectivity index (χ3v) is 5.76. The summed E-state index contributed by atoms with van der Waals surface area (Å²) < 4.78 is 11.1. The Morgan fingerprint density at radius 1 is 1.18 bits per heavy atom. The maximum Gasteiger partial charge on any atom is 0.287 e. The summed E-state index contributed by atoms with van der Waals surface area (Å²) in [5.74, 6) is -2.17. The van der Waals surface area contributed by atoms with Crippen molar-refractivity contribution in [2.75, 3.05) is 11.4 Å². The highest BCUT2D eigenvalue weighted by molar-refractivity contribution is 6.31. The fourth-order valence-electron chi connectivity index (χ4n) is 4.26. The summed E-state index contributed by atoms with van der Waals surface area (Å²) in [5.41, 5.74) is -0.575. The molecule has 0 saturated carbocycles. The maximum atomic E-state index is 13.2. The molecular weight excluding hydrogens is 384 g/mol. The standard InChI is InChI=1S/C20H15ClN2O5/c21-11-3-5-12(6-4-11)23-18(25)15-13-7-8-20(28-13,16(15)19(23)26)10-22-17(24)14-2-1-9-27-14/h1-9,13,15-16H,10H2,(H,22,24)/t13-,15+,16+,20-/m0/s1. The molecule has 7 nitrogen and oxygen atoms in total. The normalized spacial score (nSPS) is 30.2. The van der Waals surface area contributed by atoms with E-state index < -0.39 is 29.4 Å². The van der Waals surface area contributed by atoms with Gasteiger partial charge in [-0.15, -0.1) is 0 Å². The Morgan fingerprint density at radius 3 is 2.68 bits per heavy atom. The van der Waals surface area contributed by atoms with E-state index in [0.29, 0.717) is 10.7 Å². The Morgan fingerprint density at radius 2 is 1.96 bits per heavy atom. The molecule has 2 saturated heterocycles. The lowest BCUT2D eigenvalue weighted by atomic mass is 9.77. The number of rotatable bonds is 4. The first kappa shape index (κ1) is 17.2. The van der Waals surface area contributed by atoms with Gasteiger partial charge in [-0.1, -0.05) is 23.8 Å². The van der Waals surface area contributed by atoms with Crippen molar-refractivity contribution >= 4 is 35.0 Å². The van der Waals surface area contributed by atoms with Crippen molar-refractivity contribution in [2.45, 2.75) is 11.7 Å². The van der Waals surface area contributed by atoms with Crippen molar-refractivity contribution in [1.29, 1.82) is 0 Å². The number of ether oxygens (including phenoxy) is 1. The summed E-state index contributed by atoms with van der Waals surface area (Å²) in [7, 11) is 0. The van der Waals surface area contributed by atoms with Gasteiger partial charge in [0.05, 0.1) is 36.4 Å². The van der Waals surface area contributed by atoms with Crippen molar-refractivity contribution in [3.8, 4) is 0 Å². The molecule has 2 fully saturated rings. The van der Waals surface area contributed by atoms with Crippen molar-refractivity contribution in [2.24, 2.45) is 11.8 Å². The minimum Gasteiger partial charge on any atom is -0.459 e. The van der Waals surface area contributed by atoms with Gasteiger partial charge in [0.2, 0.25) is 11.8 Å². The number of hydrogen-bond donors (Lipinski definition) is 1. The van der Waals surface area contributed by atoms with Gasteiger partial charge in [-0.05, 0) is 36.4 Å². The lowest BCUT2D eigenvalue weighted by Gasteiger charge is -2.29. The zero-order valence-corrected chi connectivity index (χ0v) is 15.3. The number of benzene rings is 1. The van der Waals surface area contributed by atoms with Crippen LogP contribution in [0.1, 0.15) is 10.6 Å². The van der Waals surface area contributed by atoms with Crippen LogP contribution in [0.2, 0.25) is 5.02 Å². The number of amides is 3. The quantitative estimate of drug-likeness (QED) is 0.630. The van der Waals surface area contributed by atoms with Crippen molar-refractivity contribution in [3.63, 3.8) is 0 Å². The number of furan rings is 1. The zero-order valence-electron chi connectivity index (χ0n) is 14.5. The largest absolute Gasteiger partial charge is 0.459 e. The van der Waals surface area contributed by atoms with Gasteiger partial charge >= 0.3 is 0 Å². The van der Waals surface area contributed by atoms with Crippen LogP contribution in [0.5, 0.6) is 0 Å². The molecule has 2 aromatic rings. The van der Waals surface area contributed by atoms with Crippen molar-refractivity contribution in [3.05, 3.63) is 65.6 Å². The number of carbonyl (C=O) groups excluding carboxylic acids is 3. The Bertz CT molecular complexity index is 1000. The van der Waals surface area contributed by atoms with Crippen LogP contribution in [0.3, 0.4) is 0 Å². The number of carbonyl (C=O) groups is 3. The highest BCUT2D eigenvalue weighted by Gasteiger charge is 2.67. The van der Waals surface area contributed by atoms with E-state index >= 15 is 0 Å². The molecule has 3 amide bonds. The molecule has 0 unspecified atom stereocenters. The minimum atomic E-state index is -1.05. The topological polar surface area (TPSA) is 88.9 Å². The average Bonchev–Trinajstić information content (AvgIpc) is 3.45. The molecule has 4 atom stereocenters. The highest BCUT2D eigenvalue weighted by Crippen LogP contribution is 2.52. The third kappa shape index (κ3) is 2.36. The SMILES string of the molecule is O=C(NC[C@]12C=C[C@H](O1)[C@H]1C(=O)N(c3ccc(Cl)cc3)C(=O)[C@@H]12)c1ccco1. The van der Waals surface area contributed by atoms with Gasteiger partial charge in [-0.2, -0.15) is 0 Å². The van der Waals surface area contributed by atoms with Crippen molar-refractivity contribution in [1.82, 2.24) is 5.32 Å². The summed E-state index contributed by atoms with van der Waals surface area (Å²) in [4.78, 5) is 39.6. The number of fused-ring (bicyclic) bond motifs is 5. The second-order valence-corrected chi connectivity index (χ2v) is 7.48. The van der Waals surface area contributed by atoms with Crippen molar-refractivity contribution < 1.29 is 23.5 Å². The molecule has 1 aromatic carbocycles. The predicted molar refractivity (Wildman–Crippen MR) is 98.7 cm³/mol. The van der Waals surface area contributed by atoms with Crippen LogP contribution >= 0.6 is 11.6 Å². The maximum absolute atomic E-state index is 13.2. The molecule has 1 aromatic heterocycles. The molecule has 0 spiro atoms. The van der Waals surface area contributed by atoms with Crippen LogP contribution < -0.4 is 10.2 Å². The molecule has 4 heterocycles. The van der Waals surface area contributed by atoms with Crippen LogP contribution in [-0.2, 0) is 14.3 Å². The molecule has 5 rings (SSSR count). The van der Waals surface area contributed by atoms with Gasteiger partial charge in [0.1, 0.15) is 5.60 Å². The molecule has 3 aliphatic rings. The highest BCUT2D eigenvalue weighted by atomic mass is 35.5. The van der Waals surface area contributed by atoms with Gasteiger partial charge in [0.15, 0.2) is 5.76 Å².